The second-order valence-corrected chi connectivity index (χ2v) is 9.45. The molecule has 1 atom stereocenters. The van der Waals surface area contributed by atoms with Crippen molar-refractivity contribution in [1.29, 1.82) is 0 Å². The maximum absolute atomic E-state index is 11.3. The van der Waals surface area contributed by atoms with Crippen molar-refractivity contribution in [3.05, 3.63) is 0 Å². The highest BCUT2D eigenvalue weighted by atomic mass is 32.2. The Morgan fingerprint density at radius 2 is 1.13 bits per heavy atom. The van der Waals surface area contributed by atoms with Gasteiger partial charge in [-0.05, 0) is 19.3 Å². The van der Waals surface area contributed by atoms with Gasteiger partial charge >= 0.3 is 0 Å². The van der Waals surface area contributed by atoms with Gasteiger partial charge in [-0.3, -0.25) is 9.11 Å². The summed E-state index contributed by atoms with van der Waals surface area (Å²) in [4.78, 5) is 0. The summed E-state index contributed by atoms with van der Waals surface area (Å²) in [6.07, 6.45) is 10.0. The summed E-state index contributed by atoms with van der Waals surface area (Å²) in [6, 6.07) is 0. The number of rotatable bonds is 15. The molecule has 0 aliphatic rings. The zero-order chi connectivity index (χ0) is 17.8. The molecule has 0 spiro atoms. The Hall–Kier alpha value is -0.180. The largest absolute Gasteiger partial charge is 0.286 e. The molecular weight excluding hydrogens is 340 g/mol. The molecule has 8 heteroatoms. The van der Waals surface area contributed by atoms with Gasteiger partial charge in [-0.2, -0.15) is 16.8 Å². The Morgan fingerprint density at radius 3 is 1.57 bits per heavy atom. The summed E-state index contributed by atoms with van der Waals surface area (Å²) in [5, 5.41) is -0.830. The van der Waals surface area contributed by atoms with Gasteiger partial charge in [-0.25, -0.2) is 0 Å². The third-order valence-electron chi connectivity index (χ3n) is 3.98. The highest BCUT2D eigenvalue weighted by Gasteiger charge is 2.22. The van der Waals surface area contributed by atoms with E-state index in [2.05, 4.69) is 6.92 Å². The summed E-state index contributed by atoms with van der Waals surface area (Å²) in [5.74, 6) is -0.372. The van der Waals surface area contributed by atoms with Crippen molar-refractivity contribution in [1.82, 2.24) is 0 Å². The molecule has 0 fully saturated rings. The predicted molar refractivity (Wildman–Crippen MR) is 92.8 cm³/mol. The molecular formula is C15H32O6S2. The molecule has 0 rings (SSSR count). The van der Waals surface area contributed by atoms with E-state index in [0.29, 0.717) is 12.8 Å². The molecule has 0 saturated heterocycles. The minimum Gasteiger partial charge on any atom is -0.286 e. The topological polar surface area (TPSA) is 109 Å². The molecule has 2 N–H and O–H groups in total. The molecule has 0 saturated carbocycles. The quantitative estimate of drug-likeness (QED) is 0.334. The average Bonchev–Trinajstić information content (AvgIpc) is 2.41. The molecule has 6 nitrogen and oxygen atoms in total. The van der Waals surface area contributed by atoms with Gasteiger partial charge in [0, 0.05) is 0 Å². The van der Waals surface area contributed by atoms with Crippen LogP contribution in [0.5, 0.6) is 0 Å². The summed E-state index contributed by atoms with van der Waals surface area (Å²) in [6.45, 7) is 2.17. The smallest absolute Gasteiger partial charge is 0.267 e. The lowest BCUT2D eigenvalue weighted by Gasteiger charge is -2.13. The standard InChI is InChI=1S/C15H32O6S2/c1-2-3-4-5-6-7-8-9-12-15(23(19,20)21)13-10-11-14-22(16,17)18/h15H,2-14H2,1H3,(H,16,17,18)(H,19,20,21). The first kappa shape index (κ1) is 22.8. The van der Waals surface area contributed by atoms with Crippen LogP contribution in [-0.2, 0) is 20.2 Å². The minimum absolute atomic E-state index is 0.197. The van der Waals surface area contributed by atoms with Crippen molar-refractivity contribution in [2.75, 3.05) is 5.75 Å². The minimum atomic E-state index is -4.10. The van der Waals surface area contributed by atoms with Crippen molar-refractivity contribution in [2.45, 2.75) is 89.2 Å². The Balaban J connectivity index is 3.90. The first-order valence-corrected chi connectivity index (χ1v) is 11.7. The van der Waals surface area contributed by atoms with E-state index in [9.17, 15) is 21.4 Å². The van der Waals surface area contributed by atoms with E-state index in [1.807, 2.05) is 0 Å². The second kappa shape index (κ2) is 12.2. The molecule has 0 aliphatic heterocycles. The van der Waals surface area contributed by atoms with E-state index >= 15 is 0 Å². The molecule has 0 aromatic heterocycles. The first-order valence-electron chi connectivity index (χ1n) is 8.58. The number of hydrogen-bond acceptors (Lipinski definition) is 4. The summed E-state index contributed by atoms with van der Waals surface area (Å²) >= 11 is 0. The lowest BCUT2D eigenvalue weighted by atomic mass is 10.0. The van der Waals surface area contributed by atoms with Crippen molar-refractivity contribution in [3.8, 4) is 0 Å². The SMILES string of the molecule is CCCCCCCCCCC(CCCCS(=O)(=O)O)S(=O)(=O)O. The van der Waals surface area contributed by atoms with E-state index < -0.39 is 25.5 Å². The maximum Gasteiger partial charge on any atom is 0.267 e. The van der Waals surface area contributed by atoms with Gasteiger partial charge in [0.2, 0.25) is 0 Å². The van der Waals surface area contributed by atoms with Crippen LogP contribution in [0.1, 0.15) is 84.0 Å². The van der Waals surface area contributed by atoms with Crippen molar-refractivity contribution >= 4 is 20.2 Å². The molecule has 0 radical (unpaired) electrons. The van der Waals surface area contributed by atoms with Gasteiger partial charge in [0.15, 0.2) is 0 Å². The van der Waals surface area contributed by atoms with E-state index in [4.69, 9.17) is 4.55 Å². The van der Waals surface area contributed by atoms with Crippen LogP contribution < -0.4 is 0 Å². The van der Waals surface area contributed by atoms with Crippen LogP contribution in [-0.4, -0.2) is 36.9 Å². The van der Waals surface area contributed by atoms with E-state index in [1.54, 1.807) is 0 Å². The number of unbranched alkanes of at least 4 members (excludes halogenated alkanes) is 8. The van der Waals surface area contributed by atoms with Crippen LogP contribution >= 0.6 is 0 Å². The fourth-order valence-corrected chi connectivity index (χ4v) is 4.10. The van der Waals surface area contributed by atoms with Gasteiger partial charge in [0.1, 0.15) is 0 Å². The Bertz CT molecular complexity index is 484. The van der Waals surface area contributed by atoms with Crippen LogP contribution in [0.4, 0.5) is 0 Å². The number of hydrogen-bond donors (Lipinski definition) is 2. The average molecular weight is 373 g/mol. The van der Waals surface area contributed by atoms with Crippen molar-refractivity contribution < 1.29 is 25.9 Å². The first-order chi connectivity index (χ1) is 10.7. The summed E-state index contributed by atoms with van der Waals surface area (Å²) < 4.78 is 61.8. The molecule has 0 aromatic rings. The molecule has 0 amide bonds. The lowest BCUT2D eigenvalue weighted by molar-refractivity contribution is 0.444. The highest BCUT2D eigenvalue weighted by Crippen LogP contribution is 2.18. The van der Waals surface area contributed by atoms with Crippen LogP contribution in [0, 0.1) is 0 Å². The van der Waals surface area contributed by atoms with Crippen LogP contribution in [0.15, 0.2) is 0 Å². The van der Waals surface area contributed by atoms with Gasteiger partial charge in [-0.15, -0.1) is 0 Å². The van der Waals surface area contributed by atoms with Gasteiger partial charge in [0.05, 0.1) is 11.0 Å². The van der Waals surface area contributed by atoms with Crippen LogP contribution in [0.2, 0.25) is 0 Å². The Morgan fingerprint density at radius 1 is 0.696 bits per heavy atom. The fourth-order valence-electron chi connectivity index (χ4n) is 2.60. The Kier molecular flexibility index (Phi) is 12.1. The molecule has 23 heavy (non-hydrogen) atoms. The van der Waals surface area contributed by atoms with Crippen molar-refractivity contribution in [2.24, 2.45) is 0 Å². The van der Waals surface area contributed by atoms with E-state index in [1.165, 1.54) is 25.7 Å². The van der Waals surface area contributed by atoms with Gasteiger partial charge in [-0.1, -0.05) is 64.7 Å². The zero-order valence-electron chi connectivity index (χ0n) is 14.1. The van der Waals surface area contributed by atoms with E-state index in [-0.39, 0.29) is 18.6 Å². The summed E-state index contributed by atoms with van der Waals surface area (Å²) in [5.41, 5.74) is 0. The van der Waals surface area contributed by atoms with Crippen LogP contribution in [0.3, 0.4) is 0 Å². The lowest BCUT2D eigenvalue weighted by Crippen LogP contribution is -2.20. The molecule has 0 heterocycles. The van der Waals surface area contributed by atoms with Gasteiger partial charge < -0.3 is 0 Å². The van der Waals surface area contributed by atoms with Gasteiger partial charge in [0.25, 0.3) is 20.2 Å². The highest BCUT2D eigenvalue weighted by molar-refractivity contribution is 7.86. The third-order valence-corrected chi connectivity index (χ3v) is 6.10. The monoisotopic (exact) mass is 372 g/mol. The zero-order valence-corrected chi connectivity index (χ0v) is 15.7. The second-order valence-electron chi connectivity index (χ2n) is 6.18. The normalized spacial score (nSPS) is 14.0. The molecule has 0 aromatic carbocycles. The maximum atomic E-state index is 11.3. The third kappa shape index (κ3) is 15.1. The van der Waals surface area contributed by atoms with Crippen LogP contribution in [0.25, 0.3) is 0 Å². The summed E-state index contributed by atoms with van der Waals surface area (Å²) in [7, 11) is -8.10. The molecule has 1 unspecified atom stereocenters. The molecule has 0 aliphatic carbocycles. The molecule has 0 bridgehead atoms. The van der Waals surface area contributed by atoms with E-state index in [0.717, 1.165) is 25.7 Å². The Labute approximate surface area is 141 Å². The van der Waals surface area contributed by atoms with Crippen molar-refractivity contribution in [3.63, 3.8) is 0 Å². The molecule has 140 valence electrons. The fraction of sp³-hybridized carbons (Fsp3) is 1.00. The predicted octanol–water partition coefficient (Wildman–Crippen LogP) is 3.83.